The van der Waals surface area contributed by atoms with Crippen LogP contribution in [0.4, 0.5) is 0 Å². The molecular formula is C18H22N2O3S2. The molecule has 7 heteroatoms. The van der Waals surface area contributed by atoms with Crippen LogP contribution >= 0.6 is 11.8 Å². The third-order valence-electron chi connectivity index (χ3n) is 5.40. The molecule has 1 amide bonds. The van der Waals surface area contributed by atoms with Crippen LogP contribution in [0.5, 0.6) is 0 Å². The van der Waals surface area contributed by atoms with Crippen molar-refractivity contribution < 1.29 is 13.2 Å². The maximum Gasteiger partial charge on any atom is 0.224 e. The summed E-state index contributed by atoms with van der Waals surface area (Å²) in [5.41, 5.74) is 0.164. The molecule has 25 heavy (non-hydrogen) atoms. The molecule has 2 atom stereocenters. The van der Waals surface area contributed by atoms with Crippen LogP contribution in [0.2, 0.25) is 0 Å². The van der Waals surface area contributed by atoms with Crippen LogP contribution in [0.3, 0.4) is 0 Å². The highest BCUT2D eigenvalue weighted by Gasteiger charge is 2.55. The summed E-state index contributed by atoms with van der Waals surface area (Å²) >= 11 is 1.57. The van der Waals surface area contributed by atoms with Gasteiger partial charge in [0, 0.05) is 10.8 Å². The molecule has 1 N–H and O–H groups in total. The second kappa shape index (κ2) is 7.00. The number of carbonyl (C=O) groups excluding carboxylic acids is 1. The van der Waals surface area contributed by atoms with E-state index in [9.17, 15) is 13.2 Å². The molecule has 1 spiro atoms. The largest absolute Gasteiger partial charge is 0.343 e. The lowest BCUT2D eigenvalue weighted by Gasteiger charge is -2.18. The maximum absolute atomic E-state index is 12.8. The minimum atomic E-state index is -3.43. The molecule has 5 nitrogen and oxygen atoms in total. The smallest absolute Gasteiger partial charge is 0.224 e. The van der Waals surface area contributed by atoms with E-state index in [2.05, 4.69) is 5.32 Å². The molecule has 1 unspecified atom stereocenters. The standard InChI is InChI=1S/C18H22N2O3S2/c1-24-14-2-4-15(5-3-14)25(22,23)12-13-10-18(6-7-18)11-16(13)17(21)20-9-8-19/h2-5,13,16H,6-7,9-12H2,1H3,(H,20,21)/t13?,16-/m0/s1. The molecule has 3 rings (SSSR count). The van der Waals surface area contributed by atoms with Crippen molar-refractivity contribution in [2.75, 3.05) is 18.6 Å². The van der Waals surface area contributed by atoms with Crippen LogP contribution in [0.25, 0.3) is 0 Å². The van der Waals surface area contributed by atoms with Gasteiger partial charge in [-0.3, -0.25) is 4.79 Å². The van der Waals surface area contributed by atoms with Crippen molar-refractivity contribution in [3.8, 4) is 6.07 Å². The number of amides is 1. The molecule has 2 saturated carbocycles. The van der Waals surface area contributed by atoms with Gasteiger partial charge in [-0.25, -0.2) is 8.42 Å². The fourth-order valence-electron chi connectivity index (χ4n) is 3.90. The van der Waals surface area contributed by atoms with Crippen LogP contribution in [0.1, 0.15) is 25.7 Å². The Morgan fingerprint density at radius 1 is 1.32 bits per heavy atom. The second-order valence-corrected chi connectivity index (χ2v) is 10.0. The SMILES string of the molecule is CSc1ccc(S(=O)(=O)CC2CC3(CC3)C[C@@H]2C(=O)NCC#N)cc1. The molecule has 134 valence electrons. The number of sulfone groups is 1. The average molecular weight is 379 g/mol. The van der Waals surface area contributed by atoms with E-state index in [1.807, 2.05) is 24.5 Å². The van der Waals surface area contributed by atoms with Crippen molar-refractivity contribution >= 4 is 27.5 Å². The first-order valence-electron chi connectivity index (χ1n) is 8.41. The van der Waals surface area contributed by atoms with Crippen molar-refractivity contribution in [3.05, 3.63) is 24.3 Å². The lowest BCUT2D eigenvalue weighted by Crippen LogP contribution is -2.35. The van der Waals surface area contributed by atoms with Gasteiger partial charge in [-0.1, -0.05) is 0 Å². The van der Waals surface area contributed by atoms with E-state index in [1.165, 1.54) is 0 Å². The van der Waals surface area contributed by atoms with Crippen molar-refractivity contribution in [1.29, 1.82) is 5.26 Å². The zero-order valence-corrected chi connectivity index (χ0v) is 15.8. The summed E-state index contributed by atoms with van der Waals surface area (Å²) in [5.74, 6) is -0.663. The Bertz CT molecular complexity index is 793. The molecule has 0 aromatic heterocycles. The fraction of sp³-hybridized carbons (Fsp3) is 0.556. The van der Waals surface area contributed by atoms with Crippen LogP contribution in [0, 0.1) is 28.6 Å². The molecular weight excluding hydrogens is 356 g/mol. The number of thioether (sulfide) groups is 1. The molecule has 2 fully saturated rings. The predicted molar refractivity (Wildman–Crippen MR) is 96.8 cm³/mol. The van der Waals surface area contributed by atoms with Gasteiger partial charge in [-0.15, -0.1) is 11.8 Å². The van der Waals surface area contributed by atoms with E-state index >= 15 is 0 Å². The van der Waals surface area contributed by atoms with E-state index in [4.69, 9.17) is 5.26 Å². The van der Waals surface area contributed by atoms with Gasteiger partial charge in [0.1, 0.15) is 6.54 Å². The predicted octanol–water partition coefficient (Wildman–Crippen LogP) is 2.63. The minimum absolute atomic E-state index is 0.00198. The molecule has 0 heterocycles. The number of hydrogen-bond donors (Lipinski definition) is 1. The number of hydrogen-bond acceptors (Lipinski definition) is 5. The number of benzene rings is 1. The normalized spacial score (nSPS) is 24.0. The fourth-order valence-corrected chi connectivity index (χ4v) is 5.97. The van der Waals surface area contributed by atoms with E-state index in [0.717, 1.165) is 30.6 Å². The van der Waals surface area contributed by atoms with E-state index < -0.39 is 9.84 Å². The van der Waals surface area contributed by atoms with Crippen molar-refractivity contribution in [1.82, 2.24) is 5.32 Å². The Morgan fingerprint density at radius 2 is 2.00 bits per heavy atom. The monoisotopic (exact) mass is 378 g/mol. The Balaban J connectivity index is 1.76. The zero-order chi connectivity index (χ0) is 18.1. The molecule has 0 aliphatic heterocycles. The average Bonchev–Trinajstić information content (AvgIpc) is 3.26. The van der Waals surface area contributed by atoms with E-state index in [0.29, 0.717) is 4.90 Å². The highest BCUT2D eigenvalue weighted by atomic mass is 32.2. The van der Waals surface area contributed by atoms with E-state index in [-0.39, 0.29) is 35.5 Å². The minimum Gasteiger partial charge on any atom is -0.343 e. The topological polar surface area (TPSA) is 87.0 Å². The highest BCUT2D eigenvalue weighted by Crippen LogP contribution is 2.61. The van der Waals surface area contributed by atoms with Crippen LogP contribution in [-0.4, -0.2) is 32.9 Å². The van der Waals surface area contributed by atoms with E-state index in [1.54, 1.807) is 23.9 Å². The van der Waals surface area contributed by atoms with Gasteiger partial charge >= 0.3 is 0 Å². The molecule has 1 aromatic carbocycles. The van der Waals surface area contributed by atoms with Gasteiger partial charge in [0.25, 0.3) is 0 Å². The molecule has 2 aliphatic carbocycles. The summed E-state index contributed by atoms with van der Waals surface area (Å²) in [6, 6.07) is 8.82. The maximum atomic E-state index is 12.8. The van der Waals surface area contributed by atoms with Gasteiger partial charge in [0.05, 0.1) is 16.7 Å². The van der Waals surface area contributed by atoms with Gasteiger partial charge in [0.2, 0.25) is 5.91 Å². The molecule has 0 radical (unpaired) electrons. The first-order chi connectivity index (χ1) is 11.9. The summed E-state index contributed by atoms with van der Waals surface area (Å²) in [6.07, 6.45) is 5.64. The van der Waals surface area contributed by atoms with Crippen molar-refractivity contribution in [3.63, 3.8) is 0 Å². The summed E-state index contributed by atoms with van der Waals surface area (Å²) in [5, 5.41) is 11.3. The lowest BCUT2D eigenvalue weighted by atomic mass is 9.97. The third-order valence-corrected chi connectivity index (χ3v) is 8.01. The second-order valence-electron chi connectivity index (χ2n) is 7.11. The van der Waals surface area contributed by atoms with Gasteiger partial charge in [0.15, 0.2) is 9.84 Å². The Kier molecular flexibility index (Phi) is 5.12. The summed E-state index contributed by atoms with van der Waals surface area (Å²) < 4.78 is 25.6. The highest BCUT2D eigenvalue weighted by molar-refractivity contribution is 7.98. The van der Waals surface area contributed by atoms with Crippen molar-refractivity contribution in [2.45, 2.75) is 35.5 Å². The van der Waals surface area contributed by atoms with Gasteiger partial charge < -0.3 is 5.32 Å². The Hall–Kier alpha value is -1.52. The number of nitriles is 1. The number of rotatable bonds is 6. The number of nitrogens with one attached hydrogen (secondary N) is 1. The molecule has 0 bridgehead atoms. The summed E-state index contributed by atoms with van der Waals surface area (Å²) in [6.45, 7) is -0.0298. The lowest BCUT2D eigenvalue weighted by molar-refractivity contribution is -0.125. The molecule has 2 aliphatic rings. The first kappa shape index (κ1) is 18.3. The first-order valence-corrected chi connectivity index (χ1v) is 11.3. The number of carbonyl (C=O) groups is 1. The zero-order valence-electron chi connectivity index (χ0n) is 14.2. The van der Waals surface area contributed by atoms with Crippen LogP contribution in [0.15, 0.2) is 34.1 Å². The van der Waals surface area contributed by atoms with Crippen LogP contribution < -0.4 is 5.32 Å². The van der Waals surface area contributed by atoms with Gasteiger partial charge in [-0.05, 0) is 67.5 Å². The summed E-state index contributed by atoms with van der Waals surface area (Å²) in [4.78, 5) is 13.7. The van der Waals surface area contributed by atoms with Crippen LogP contribution in [-0.2, 0) is 14.6 Å². The molecule has 1 aromatic rings. The summed E-state index contributed by atoms with van der Waals surface area (Å²) in [7, 11) is -3.43. The quantitative estimate of drug-likeness (QED) is 0.607. The Morgan fingerprint density at radius 3 is 2.56 bits per heavy atom. The molecule has 0 saturated heterocycles. The van der Waals surface area contributed by atoms with Gasteiger partial charge in [-0.2, -0.15) is 5.26 Å². The van der Waals surface area contributed by atoms with Crippen molar-refractivity contribution in [2.24, 2.45) is 17.3 Å². The number of nitrogens with zero attached hydrogens (tertiary/aromatic N) is 1. The Labute approximate surface area is 153 Å². The third kappa shape index (κ3) is 4.01.